The van der Waals surface area contributed by atoms with Gasteiger partial charge in [0.2, 0.25) is 0 Å². The van der Waals surface area contributed by atoms with Crippen molar-refractivity contribution in [3.63, 3.8) is 0 Å². The molecule has 0 spiro atoms. The van der Waals surface area contributed by atoms with Crippen LogP contribution in [0.3, 0.4) is 0 Å². The van der Waals surface area contributed by atoms with E-state index >= 15 is 0 Å². The molecule has 0 aromatic heterocycles. The first-order valence-electron chi connectivity index (χ1n) is 4.99. The third kappa shape index (κ3) is 5.57. The van der Waals surface area contributed by atoms with Crippen molar-refractivity contribution in [2.75, 3.05) is 0 Å². The SMILES string of the molecule is CC(C)(C#[C][Mg][Br])NCc1ccccc1. The molecule has 0 radical (unpaired) electrons. The first-order valence-corrected chi connectivity index (χ1v) is 9.59. The normalized spacial score (nSPS) is 10.1. The second kappa shape index (κ2) is 6.54. The second-order valence-corrected chi connectivity index (χ2v) is 6.20. The minimum absolute atomic E-state index is 0.101. The minimum atomic E-state index is -0.334. The summed E-state index contributed by atoms with van der Waals surface area (Å²) in [5.41, 5.74) is 1.19. The standard InChI is InChI=1S/C12H14N.BrH.Mg/c1-4-12(2,3)13-10-11-8-6-5-7-9-11;;/h5-9,13H,10H2,2-3H3;1H;/q;;+1/p-1. The summed E-state index contributed by atoms with van der Waals surface area (Å²) in [6.45, 7) is 5.09. The molecular formula is C12H14BrMgN. The van der Waals surface area contributed by atoms with E-state index in [4.69, 9.17) is 0 Å². The smallest absolute Gasteiger partial charge is 0.298 e. The molecule has 0 fully saturated rings. The van der Waals surface area contributed by atoms with Crippen molar-refractivity contribution in [1.29, 1.82) is 0 Å². The molecule has 0 amide bonds. The van der Waals surface area contributed by atoms with Crippen LogP contribution in [0, 0.1) is 9.97 Å². The van der Waals surface area contributed by atoms with E-state index in [9.17, 15) is 0 Å². The van der Waals surface area contributed by atoms with Crippen molar-refractivity contribution >= 4 is 31.1 Å². The number of rotatable bonds is 3. The van der Waals surface area contributed by atoms with Crippen LogP contribution in [0.2, 0.25) is 0 Å². The van der Waals surface area contributed by atoms with E-state index in [1.54, 1.807) is 0 Å². The maximum Gasteiger partial charge on any atom is 0.569 e. The Balaban J connectivity index is 2.50. The highest BCUT2D eigenvalue weighted by Gasteiger charge is 2.11. The van der Waals surface area contributed by atoms with Gasteiger partial charge in [0.15, 0.2) is 0 Å². The Labute approximate surface area is 108 Å². The molecule has 0 unspecified atom stereocenters. The fourth-order valence-electron chi connectivity index (χ4n) is 1.22. The predicted octanol–water partition coefficient (Wildman–Crippen LogP) is 2.53. The number of halogens is 1. The molecule has 1 aromatic carbocycles. The topological polar surface area (TPSA) is 12.0 Å². The molecule has 1 nitrogen and oxygen atoms in total. The van der Waals surface area contributed by atoms with Crippen LogP contribution < -0.4 is 5.32 Å². The minimum Gasteiger partial charge on any atom is -0.298 e. The lowest BCUT2D eigenvalue weighted by molar-refractivity contribution is 0.491. The molecule has 0 saturated heterocycles. The third-order valence-corrected chi connectivity index (χ3v) is 3.20. The van der Waals surface area contributed by atoms with Crippen LogP contribution in [-0.4, -0.2) is 23.7 Å². The van der Waals surface area contributed by atoms with Gasteiger partial charge in [-0.3, -0.25) is 22.3 Å². The van der Waals surface area contributed by atoms with E-state index in [0.717, 1.165) is 6.54 Å². The summed E-state index contributed by atoms with van der Waals surface area (Å²) in [6.07, 6.45) is 0. The zero-order valence-corrected chi connectivity index (χ0v) is 12.2. The first kappa shape index (κ1) is 13.1. The summed E-state index contributed by atoms with van der Waals surface area (Å²) in [6, 6.07) is 10.4. The molecule has 0 saturated carbocycles. The summed E-state index contributed by atoms with van der Waals surface area (Å²) in [5.74, 6) is 3.23. The molecule has 1 N–H and O–H groups in total. The van der Waals surface area contributed by atoms with Gasteiger partial charge in [0.25, 0.3) is 0 Å². The van der Waals surface area contributed by atoms with Gasteiger partial charge >= 0.3 is 18.2 Å². The van der Waals surface area contributed by atoms with E-state index in [-0.39, 0.29) is 23.7 Å². The Kier molecular flexibility index (Phi) is 5.69. The highest BCUT2D eigenvalue weighted by molar-refractivity contribution is 9.23. The lowest BCUT2D eigenvalue weighted by Crippen LogP contribution is -2.37. The van der Waals surface area contributed by atoms with Gasteiger partial charge in [0.1, 0.15) is 0 Å². The average Bonchev–Trinajstić information content (AvgIpc) is 2.25. The highest BCUT2D eigenvalue weighted by atomic mass is 79.9. The van der Waals surface area contributed by atoms with Crippen LogP contribution >= 0.6 is 12.9 Å². The van der Waals surface area contributed by atoms with Gasteiger partial charge in [-0.1, -0.05) is 30.3 Å². The van der Waals surface area contributed by atoms with Crippen LogP contribution in [0.15, 0.2) is 30.3 Å². The van der Waals surface area contributed by atoms with Crippen molar-refractivity contribution in [2.45, 2.75) is 25.9 Å². The van der Waals surface area contributed by atoms with E-state index < -0.39 is 0 Å². The Morgan fingerprint density at radius 2 is 2.00 bits per heavy atom. The zero-order valence-electron chi connectivity index (χ0n) is 9.18. The quantitative estimate of drug-likeness (QED) is 0.661. The third-order valence-electron chi connectivity index (χ3n) is 2.04. The van der Waals surface area contributed by atoms with Crippen molar-refractivity contribution in [3.05, 3.63) is 35.9 Å². The van der Waals surface area contributed by atoms with Crippen molar-refractivity contribution in [1.82, 2.24) is 5.32 Å². The van der Waals surface area contributed by atoms with E-state index in [2.05, 4.69) is 66.3 Å². The number of hydrogen-bond acceptors (Lipinski definition) is 1. The summed E-state index contributed by atoms with van der Waals surface area (Å²) in [4.78, 5) is 0. The van der Waals surface area contributed by atoms with Crippen LogP contribution in [0.5, 0.6) is 0 Å². The van der Waals surface area contributed by atoms with Gasteiger partial charge < -0.3 is 0 Å². The maximum absolute atomic E-state index is 3.44. The summed E-state index contributed by atoms with van der Waals surface area (Å²) in [7, 11) is 0. The summed E-state index contributed by atoms with van der Waals surface area (Å²) in [5, 5.41) is 3.44. The Morgan fingerprint density at radius 3 is 2.60 bits per heavy atom. The average molecular weight is 276 g/mol. The molecule has 15 heavy (non-hydrogen) atoms. The molecule has 1 rings (SSSR count). The fourth-order valence-corrected chi connectivity index (χ4v) is 2.15. The summed E-state index contributed by atoms with van der Waals surface area (Å²) >= 11 is 3.10. The Hall–Kier alpha value is -0.0138. The molecule has 0 aliphatic heterocycles. The van der Waals surface area contributed by atoms with Gasteiger partial charge in [0, 0.05) is 6.54 Å². The van der Waals surface area contributed by atoms with Crippen LogP contribution in [0.25, 0.3) is 0 Å². The number of hydrogen-bond donors (Lipinski definition) is 1. The molecule has 0 atom stereocenters. The lowest BCUT2D eigenvalue weighted by Gasteiger charge is -2.20. The van der Waals surface area contributed by atoms with E-state index in [1.807, 2.05) is 6.07 Å². The summed E-state index contributed by atoms with van der Waals surface area (Å²) < 4.78 is 3.17. The van der Waals surface area contributed by atoms with Gasteiger partial charge in [0.05, 0.1) is 5.54 Å². The fraction of sp³-hybridized carbons (Fsp3) is 0.333. The molecule has 0 aliphatic rings. The second-order valence-electron chi connectivity index (χ2n) is 3.90. The van der Waals surface area contributed by atoms with Crippen LogP contribution in [-0.2, 0) is 6.54 Å². The first-order chi connectivity index (χ1) is 7.14. The molecule has 0 heterocycles. The largest absolute Gasteiger partial charge is 0.569 e. The molecule has 76 valence electrons. The number of nitrogens with one attached hydrogen (secondary N) is 1. The van der Waals surface area contributed by atoms with Crippen LogP contribution in [0.1, 0.15) is 19.4 Å². The van der Waals surface area contributed by atoms with Crippen molar-refractivity contribution < 1.29 is 0 Å². The molecule has 3 heteroatoms. The highest BCUT2D eigenvalue weighted by Crippen LogP contribution is 2.04. The molecule has 0 aliphatic carbocycles. The Bertz CT molecular complexity index is 351. The maximum atomic E-state index is 3.44. The van der Waals surface area contributed by atoms with Gasteiger partial charge in [-0.05, 0) is 19.4 Å². The lowest BCUT2D eigenvalue weighted by atomic mass is 10.1. The van der Waals surface area contributed by atoms with Gasteiger partial charge in [-0.25, -0.2) is 0 Å². The number of benzene rings is 1. The predicted molar refractivity (Wildman–Crippen MR) is 69.8 cm³/mol. The zero-order chi connectivity index (χ0) is 11.1. The van der Waals surface area contributed by atoms with Gasteiger partial charge in [-0.15, -0.1) is 5.92 Å². The Morgan fingerprint density at radius 1 is 1.33 bits per heavy atom. The van der Waals surface area contributed by atoms with Crippen molar-refractivity contribution in [2.24, 2.45) is 0 Å². The van der Waals surface area contributed by atoms with Crippen LogP contribution in [0.4, 0.5) is 0 Å². The van der Waals surface area contributed by atoms with Crippen molar-refractivity contribution in [3.8, 4) is 9.97 Å². The molecule has 0 bridgehead atoms. The van der Waals surface area contributed by atoms with E-state index in [0.29, 0.717) is 0 Å². The monoisotopic (exact) mass is 275 g/mol. The molecule has 1 aromatic rings. The van der Waals surface area contributed by atoms with E-state index in [1.165, 1.54) is 5.56 Å². The molecular weight excluding hydrogens is 262 g/mol. The van der Waals surface area contributed by atoms with Gasteiger partial charge in [-0.2, -0.15) is 0 Å².